The van der Waals surface area contributed by atoms with Gasteiger partial charge in [-0.1, -0.05) is 152 Å². The van der Waals surface area contributed by atoms with Crippen LogP contribution in [-0.4, -0.2) is 0 Å². The maximum absolute atomic E-state index is 2.45. The highest BCUT2D eigenvalue weighted by Gasteiger charge is 2.10. The maximum atomic E-state index is 2.45. The van der Waals surface area contributed by atoms with Crippen LogP contribution in [0.15, 0.2) is 145 Å². The minimum Gasteiger partial charge on any atom is -0.0834 e. The van der Waals surface area contributed by atoms with Gasteiger partial charge in [0.1, 0.15) is 0 Å². The lowest BCUT2D eigenvalue weighted by molar-refractivity contribution is 0.696. The van der Waals surface area contributed by atoms with Crippen molar-refractivity contribution in [2.45, 2.75) is 32.1 Å². The molecule has 0 aromatic heterocycles. The van der Waals surface area contributed by atoms with Crippen LogP contribution in [0.1, 0.15) is 32.1 Å². The molecule has 0 spiro atoms. The van der Waals surface area contributed by atoms with E-state index < -0.39 is 15.8 Å². The predicted molar refractivity (Wildman–Crippen MR) is 160 cm³/mol. The summed E-state index contributed by atoms with van der Waals surface area (Å²) in [5, 5.41) is 5.68. The van der Waals surface area contributed by atoms with Crippen LogP contribution >= 0.6 is 15.8 Å². The Morgan fingerprint density at radius 1 is 0.371 bits per heavy atom. The number of benzene rings is 4. The average Bonchev–Trinajstić information content (AvgIpc) is 2.94. The third kappa shape index (κ3) is 8.14. The molecule has 0 aliphatic heterocycles. The molecule has 4 rings (SSSR count). The van der Waals surface area contributed by atoms with E-state index >= 15 is 0 Å². The van der Waals surface area contributed by atoms with Crippen molar-refractivity contribution in [3.63, 3.8) is 0 Å². The van der Waals surface area contributed by atoms with E-state index in [1.54, 1.807) is 0 Å². The SMILES string of the molecule is C(=CP(c1ccccc1)c1ccccc1)CCCCCC=CP(c1ccccc1)c1ccccc1. The van der Waals surface area contributed by atoms with Crippen molar-refractivity contribution in [3.8, 4) is 0 Å². The molecule has 4 aromatic rings. The molecule has 35 heavy (non-hydrogen) atoms. The predicted octanol–water partition coefficient (Wildman–Crippen LogP) is 8.23. The molecule has 2 heteroatoms. The molecule has 0 bridgehead atoms. The molecular weight excluding hydrogens is 458 g/mol. The molecular formula is C33H34P2. The van der Waals surface area contributed by atoms with Gasteiger partial charge in [-0.25, -0.2) is 0 Å². The van der Waals surface area contributed by atoms with Crippen molar-refractivity contribution >= 4 is 37.1 Å². The Morgan fingerprint density at radius 2 is 0.657 bits per heavy atom. The van der Waals surface area contributed by atoms with Gasteiger partial charge >= 0.3 is 0 Å². The van der Waals surface area contributed by atoms with Gasteiger partial charge in [0, 0.05) is 0 Å². The molecule has 0 aliphatic carbocycles. The molecule has 0 aliphatic rings. The number of allylic oxidation sites excluding steroid dienone is 2. The molecule has 0 N–H and O–H groups in total. The third-order valence-electron chi connectivity index (χ3n) is 5.89. The first kappa shape index (κ1) is 25.3. The van der Waals surface area contributed by atoms with Crippen molar-refractivity contribution in [1.82, 2.24) is 0 Å². The Kier molecular flexibility index (Phi) is 10.5. The topological polar surface area (TPSA) is 0 Å². The number of hydrogen-bond donors (Lipinski definition) is 0. The molecule has 0 heterocycles. The number of rotatable bonds is 12. The Morgan fingerprint density at radius 3 is 0.943 bits per heavy atom. The summed E-state index contributed by atoms with van der Waals surface area (Å²) < 4.78 is 0. The highest BCUT2D eigenvalue weighted by atomic mass is 31.1. The Labute approximate surface area is 214 Å². The largest absolute Gasteiger partial charge is 0.0834 e. The van der Waals surface area contributed by atoms with E-state index in [-0.39, 0.29) is 0 Å². The Hall–Kier alpha value is -2.78. The van der Waals surface area contributed by atoms with Gasteiger partial charge < -0.3 is 0 Å². The summed E-state index contributed by atoms with van der Waals surface area (Å²) in [6.45, 7) is 0. The molecule has 0 saturated heterocycles. The highest BCUT2D eigenvalue weighted by Crippen LogP contribution is 2.36. The Bertz CT molecular complexity index is 979. The van der Waals surface area contributed by atoms with Crippen molar-refractivity contribution < 1.29 is 0 Å². The molecule has 0 unspecified atom stereocenters. The standard InChI is InChI=1S/C33H34P2/c1(2-4-18-28-34(30-20-10-6-11-21-30)31-22-12-7-13-23-31)3-5-19-29-35(32-24-14-8-15-25-32)33-26-16-9-17-27-33/h6-29H,1-5H2. The zero-order valence-corrected chi connectivity index (χ0v) is 22.1. The quantitative estimate of drug-likeness (QED) is 0.138. The van der Waals surface area contributed by atoms with Crippen molar-refractivity contribution in [1.29, 1.82) is 0 Å². The van der Waals surface area contributed by atoms with Gasteiger partial charge in [0.05, 0.1) is 0 Å². The highest BCUT2D eigenvalue weighted by molar-refractivity contribution is 7.76. The summed E-state index contributed by atoms with van der Waals surface area (Å²) in [5.41, 5.74) is 0. The fraction of sp³-hybridized carbons (Fsp3) is 0.152. The van der Waals surface area contributed by atoms with Crippen molar-refractivity contribution in [2.24, 2.45) is 0 Å². The number of unbranched alkanes of at least 4 members (excludes halogenated alkanes) is 4. The summed E-state index contributed by atoms with van der Waals surface area (Å²) >= 11 is 0. The van der Waals surface area contributed by atoms with Crippen LogP contribution in [0.25, 0.3) is 0 Å². The summed E-state index contributed by atoms with van der Waals surface area (Å²) in [4.78, 5) is 0. The monoisotopic (exact) mass is 492 g/mol. The summed E-state index contributed by atoms with van der Waals surface area (Å²) in [6, 6.07) is 43.7. The molecule has 0 saturated carbocycles. The van der Waals surface area contributed by atoms with Crippen molar-refractivity contribution in [3.05, 3.63) is 145 Å². The van der Waals surface area contributed by atoms with E-state index in [0.717, 1.165) is 12.8 Å². The maximum Gasteiger partial charge on any atom is -0.0157 e. The second-order valence-corrected chi connectivity index (χ2v) is 12.6. The van der Waals surface area contributed by atoms with Gasteiger partial charge in [-0.2, -0.15) is 0 Å². The van der Waals surface area contributed by atoms with Crippen LogP contribution < -0.4 is 21.2 Å². The molecule has 0 atom stereocenters. The summed E-state index contributed by atoms with van der Waals surface area (Å²) in [5.74, 6) is 4.90. The molecule has 4 aromatic carbocycles. The van der Waals surface area contributed by atoms with Crippen molar-refractivity contribution in [2.75, 3.05) is 0 Å². The van der Waals surface area contributed by atoms with E-state index in [4.69, 9.17) is 0 Å². The summed E-state index contributed by atoms with van der Waals surface area (Å²) in [7, 11) is -0.845. The zero-order valence-electron chi connectivity index (χ0n) is 20.3. The first-order valence-corrected chi connectivity index (χ1v) is 15.4. The third-order valence-corrected chi connectivity index (χ3v) is 10.3. The molecule has 0 amide bonds. The van der Waals surface area contributed by atoms with Gasteiger partial charge in [0.15, 0.2) is 0 Å². The lowest BCUT2D eigenvalue weighted by Gasteiger charge is -2.14. The fourth-order valence-electron chi connectivity index (χ4n) is 4.06. The minimum atomic E-state index is -0.422. The van der Waals surface area contributed by atoms with Gasteiger partial charge in [-0.15, -0.1) is 0 Å². The normalized spacial score (nSPS) is 11.7. The van der Waals surface area contributed by atoms with Crippen LogP contribution in [-0.2, 0) is 0 Å². The van der Waals surface area contributed by atoms with Crippen LogP contribution in [0.5, 0.6) is 0 Å². The van der Waals surface area contributed by atoms with E-state index in [1.165, 1.54) is 40.5 Å². The summed E-state index contributed by atoms with van der Waals surface area (Å²) in [6.07, 6.45) is 10.9. The molecule has 176 valence electrons. The van der Waals surface area contributed by atoms with E-state index in [2.05, 4.69) is 145 Å². The molecule has 0 fully saturated rings. The Balaban J connectivity index is 1.25. The minimum absolute atomic E-state index is 0.422. The van der Waals surface area contributed by atoms with E-state index in [1.807, 2.05) is 0 Å². The second-order valence-electron chi connectivity index (χ2n) is 8.49. The van der Waals surface area contributed by atoms with Gasteiger partial charge in [0.25, 0.3) is 0 Å². The number of hydrogen-bond acceptors (Lipinski definition) is 0. The van der Waals surface area contributed by atoms with Gasteiger partial charge in [-0.3, -0.25) is 0 Å². The fourth-order valence-corrected chi connectivity index (χ4v) is 8.04. The zero-order chi connectivity index (χ0) is 24.0. The average molecular weight is 493 g/mol. The van der Waals surface area contributed by atoms with Crippen LogP contribution in [0.3, 0.4) is 0 Å². The lowest BCUT2D eigenvalue weighted by Crippen LogP contribution is -2.09. The first-order chi connectivity index (χ1) is 17.4. The smallest absolute Gasteiger partial charge is 0.0157 e. The second kappa shape index (κ2) is 14.6. The van der Waals surface area contributed by atoms with Crippen LogP contribution in [0.2, 0.25) is 0 Å². The van der Waals surface area contributed by atoms with Crippen LogP contribution in [0.4, 0.5) is 0 Å². The molecule has 0 radical (unpaired) electrons. The first-order valence-electron chi connectivity index (χ1n) is 12.5. The van der Waals surface area contributed by atoms with Gasteiger partial charge in [-0.05, 0) is 62.7 Å². The van der Waals surface area contributed by atoms with E-state index in [9.17, 15) is 0 Å². The molecule has 0 nitrogen and oxygen atoms in total. The van der Waals surface area contributed by atoms with Gasteiger partial charge in [0.2, 0.25) is 0 Å². The lowest BCUT2D eigenvalue weighted by atomic mass is 10.1. The van der Waals surface area contributed by atoms with Crippen LogP contribution in [0, 0.1) is 0 Å². The van der Waals surface area contributed by atoms with E-state index in [0.29, 0.717) is 0 Å².